The van der Waals surface area contributed by atoms with Gasteiger partial charge in [0.15, 0.2) is 17.5 Å². The Kier molecular flexibility index (Phi) is 6.09. The molecule has 0 saturated heterocycles. The molecule has 0 radical (unpaired) electrons. The first-order valence-corrected chi connectivity index (χ1v) is 8.01. The summed E-state index contributed by atoms with van der Waals surface area (Å²) in [5, 5.41) is 3.40. The van der Waals surface area contributed by atoms with Gasteiger partial charge in [0.05, 0.1) is 0 Å². The number of hydrogen-bond donors (Lipinski definition) is 1. The van der Waals surface area contributed by atoms with E-state index in [1.54, 1.807) is 0 Å². The Morgan fingerprint density at radius 3 is 2.14 bits per heavy atom. The van der Waals surface area contributed by atoms with Crippen molar-refractivity contribution >= 4 is 0 Å². The van der Waals surface area contributed by atoms with Crippen LogP contribution in [0, 0.1) is 23.4 Å². The lowest BCUT2D eigenvalue weighted by Gasteiger charge is -2.28. The molecule has 1 aliphatic carbocycles. The minimum atomic E-state index is -1.38. The van der Waals surface area contributed by atoms with Crippen LogP contribution in [0.4, 0.5) is 13.2 Å². The zero-order valence-electron chi connectivity index (χ0n) is 12.6. The topological polar surface area (TPSA) is 12.0 Å². The molecule has 1 aromatic carbocycles. The van der Waals surface area contributed by atoms with E-state index < -0.39 is 17.5 Å². The Morgan fingerprint density at radius 1 is 1.05 bits per heavy atom. The monoisotopic (exact) mass is 299 g/mol. The lowest BCUT2D eigenvalue weighted by Crippen LogP contribution is -2.29. The molecule has 0 aliphatic heterocycles. The number of benzene rings is 1. The Morgan fingerprint density at radius 2 is 1.62 bits per heavy atom. The van der Waals surface area contributed by atoms with Gasteiger partial charge >= 0.3 is 0 Å². The summed E-state index contributed by atoms with van der Waals surface area (Å²) in [6.45, 7) is 2.85. The van der Waals surface area contributed by atoms with Crippen molar-refractivity contribution in [2.24, 2.45) is 5.92 Å². The first-order valence-electron chi connectivity index (χ1n) is 8.01. The second-order valence-corrected chi connectivity index (χ2v) is 5.98. The van der Waals surface area contributed by atoms with Gasteiger partial charge in [-0.2, -0.15) is 0 Å². The molecular weight excluding hydrogens is 275 g/mol. The maximum Gasteiger partial charge on any atom is 0.194 e. The van der Waals surface area contributed by atoms with E-state index in [2.05, 4.69) is 12.2 Å². The van der Waals surface area contributed by atoms with Gasteiger partial charge in [0.1, 0.15) is 0 Å². The lowest BCUT2D eigenvalue weighted by molar-refractivity contribution is 0.322. The maximum absolute atomic E-state index is 13.5. The molecule has 1 nitrogen and oxygen atoms in total. The van der Waals surface area contributed by atoms with Gasteiger partial charge in [0, 0.05) is 6.04 Å². The Bertz CT molecular complexity index is 430. The Labute approximate surface area is 124 Å². The van der Waals surface area contributed by atoms with Crippen LogP contribution in [-0.4, -0.2) is 6.54 Å². The van der Waals surface area contributed by atoms with E-state index in [1.165, 1.54) is 12.8 Å². The van der Waals surface area contributed by atoms with Crippen molar-refractivity contribution in [3.63, 3.8) is 0 Å². The Balaban J connectivity index is 2.25. The summed E-state index contributed by atoms with van der Waals surface area (Å²) in [6, 6.07) is 2.21. The zero-order chi connectivity index (χ0) is 15.2. The molecule has 0 spiro atoms. The molecule has 1 aliphatic rings. The SMILES string of the molecule is CCCNC(c1cc(F)c(F)c(F)c1)C1CCCCCC1. The van der Waals surface area contributed by atoms with Crippen LogP contribution in [0.15, 0.2) is 12.1 Å². The highest BCUT2D eigenvalue weighted by atomic mass is 19.2. The van der Waals surface area contributed by atoms with Crippen molar-refractivity contribution in [2.45, 2.75) is 57.9 Å². The van der Waals surface area contributed by atoms with Crippen LogP contribution in [-0.2, 0) is 0 Å². The molecule has 1 aromatic rings. The smallest absolute Gasteiger partial charge is 0.194 e. The van der Waals surface area contributed by atoms with E-state index in [0.29, 0.717) is 11.5 Å². The van der Waals surface area contributed by atoms with Gasteiger partial charge in [-0.1, -0.05) is 32.6 Å². The average molecular weight is 299 g/mol. The van der Waals surface area contributed by atoms with Crippen LogP contribution in [0.5, 0.6) is 0 Å². The standard InChI is InChI=1S/C17H24F3N/c1-2-9-21-17(12-7-5-3-4-6-8-12)13-10-14(18)16(20)15(19)11-13/h10-12,17,21H,2-9H2,1H3. The Hall–Kier alpha value is -1.03. The van der Waals surface area contributed by atoms with E-state index in [0.717, 1.165) is 50.8 Å². The van der Waals surface area contributed by atoms with Crippen LogP contribution >= 0.6 is 0 Å². The number of nitrogens with one attached hydrogen (secondary N) is 1. The molecule has 4 heteroatoms. The third-order valence-corrected chi connectivity index (χ3v) is 4.35. The fourth-order valence-electron chi connectivity index (χ4n) is 3.26. The van der Waals surface area contributed by atoms with Gasteiger partial charge in [0.2, 0.25) is 0 Å². The fraction of sp³-hybridized carbons (Fsp3) is 0.647. The molecule has 21 heavy (non-hydrogen) atoms. The van der Waals surface area contributed by atoms with Gasteiger partial charge in [-0.15, -0.1) is 0 Å². The lowest BCUT2D eigenvalue weighted by atomic mass is 9.87. The molecule has 0 amide bonds. The van der Waals surface area contributed by atoms with Crippen LogP contribution < -0.4 is 5.32 Å². The van der Waals surface area contributed by atoms with Crippen molar-refractivity contribution < 1.29 is 13.2 Å². The molecule has 118 valence electrons. The van der Waals surface area contributed by atoms with E-state index in [4.69, 9.17) is 0 Å². The normalized spacial score (nSPS) is 18.5. The predicted octanol–water partition coefficient (Wildman–Crippen LogP) is 5.12. The molecule has 1 saturated carbocycles. The van der Waals surface area contributed by atoms with Crippen molar-refractivity contribution in [1.82, 2.24) is 5.32 Å². The zero-order valence-corrected chi connectivity index (χ0v) is 12.6. The van der Waals surface area contributed by atoms with Gasteiger partial charge in [-0.05, 0) is 49.4 Å². The summed E-state index contributed by atoms with van der Waals surface area (Å²) in [5.41, 5.74) is 0.534. The van der Waals surface area contributed by atoms with Crippen LogP contribution in [0.25, 0.3) is 0 Å². The predicted molar refractivity (Wildman–Crippen MR) is 78.5 cm³/mol. The highest BCUT2D eigenvalue weighted by Crippen LogP contribution is 2.34. The molecule has 1 fully saturated rings. The largest absolute Gasteiger partial charge is 0.310 e. The summed E-state index contributed by atoms with van der Waals surface area (Å²) >= 11 is 0. The molecular formula is C17H24F3N. The van der Waals surface area contributed by atoms with E-state index >= 15 is 0 Å². The highest BCUT2D eigenvalue weighted by molar-refractivity contribution is 5.23. The second-order valence-electron chi connectivity index (χ2n) is 5.98. The summed E-state index contributed by atoms with van der Waals surface area (Å²) in [4.78, 5) is 0. The summed E-state index contributed by atoms with van der Waals surface area (Å²) in [6.07, 6.45) is 7.83. The van der Waals surface area contributed by atoms with Gasteiger partial charge < -0.3 is 5.32 Å². The van der Waals surface area contributed by atoms with Crippen LogP contribution in [0.2, 0.25) is 0 Å². The fourth-order valence-corrected chi connectivity index (χ4v) is 3.26. The van der Waals surface area contributed by atoms with Crippen molar-refractivity contribution in [1.29, 1.82) is 0 Å². The van der Waals surface area contributed by atoms with E-state index in [9.17, 15) is 13.2 Å². The minimum Gasteiger partial charge on any atom is -0.310 e. The third-order valence-electron chi connectivity index (χ3n) is 4.35. The molecule has 1 unspecified atom stereocenters. The third kappa shape index (κ3) is 4.22. The number of rotatable bonds is 5. The highest BCUT2D eigenvalue weighted by Gasteiger charge is 2.25. The molecule has 2 rings (SSSR count). The van der Waals surface area contributed by atoms with Crippen molar-refractivity contribution in [3.8, 4) is 0 Å². The van der Waals surface area contributed by atoms with Gasteiger partial charge in [0.25, 0.3) is 0 Å². The van der Waals surface area contributed by atoms with E-state index in [1.807, 2.05) is 0 Å². The van der Waals surface area contributed by atoms with Gasteiger partial charge in [-0.25, -0.2) is 13.2 Å². The maximum atomic E-state index is 13.5. The molecule has 0 bridgehead atoms. The summed E-state index contributed by atoms with van der Waals surface area (Å²) < 4.78 is 40.2. The quantitative estimate of drug-likeness (QED) is 0.588. The summed E-state index contributed by atoms with van der Waals surface area (Å²) in [7, 11) is 0. The number of halogens is 3. The first-order chi connectivity index (χ1) is 10.1. The van der Waals surface area contributed by atoms with Crippen LogP contribution in [0.3, 0.4) is 0 Å². The first kappa shape index (κ1) is 16.3. The number of hydrogen-bond acceptors (Lipinski definition) is 1. The molecule has 1 N–H and O–H groups in total. The van der Waals surface area contributed by atoms with Crippen LogP contribution in [0.1, 0.15) is 63.5 Å². The summed E-state index contributed by atoms with van der Waals surface area (Å²) in [5.74, 6) is -3.21. The van der Waals surface area contributed by atoms with Gasteiger partial charge in [-0.3, -0.25) is 0 Å². The van der Waals surface area contributed by atoms with Crippen molar-refractivity contribution in [3.05, 3.63) is 35.1 Å². The minimum absolute atomic E-state index is 0.0901. The second kappa shape index (κ2) is 7.83. The molecule has 0 heterocycles. The van der Waals surface area contributed by atoms with E-state index in [-0.39, 0.29) is 6.04 Å². The average Bonchev–Trinajstić information content (AvgIpc) is 2.74. The molecule has 1 atom stereocenters. The molecule has 0 aromatic heterocycles. The van der Waals surface area contributed by atoms with Crippen molar-refractivity contribution in [2.75, 3.05) is 6.54 Å².